The summed E-state index contributed by atoms with van der Waals surface area (Å²) in [6.07, 6.45) is 3.04. The molecule has 178 valence electrons. The van der Waals surface area contributed by atoms with Crippen molar-refractivity contribution >= 4 is 34.7 Å². The van der Waals surface area contributed by atoms with Crippen LogP contribution in [0.3, 0.4) is 0 Å². The molecule has 1 heterocycles. The molecule has 1 atom stereocenters. The summed E-state index contributed by atoms with van der Waals surface area (Å²) >= 11 is 12.5. The van der Waals surface area contributed by atoms with Gasteiger partial charge in [-0.2, -0.15) is 0 Å². The van der Waals surface area contributed by atoms with Crippen LogP contribution in [0.5, 0.6) is 5.75 Å². The fourth-order valence-corrected chi connectivity index (χ4v) is 4.19. The molecule has 0 saturated carbocycles. The molecule has 0 spiro atoms. The lowest BCUT2D eigenvalue weighted by atomic mass is 9.99. The third kappa shape index (κ3) is 7.75. The molecule has 5 nitrogen and oxygen atoms in total. The Kier molecular flexibility index (Phi) is 10.1. The highest BCUT2D eigenvalue weighted by Gasteiger charge is 2.20. The number of esters is 1. The van der Waals surface area contributed by atoms with E-state index >= 15 is 0 Å². The first-order valence-corrected chi connectivity index (χ1v) is 12.1. The molecular weight excluding hydrogens is 461 g/mol. The van der Waals surface area contributed by atoms with Gasteiger partial charge in [-0.1, -0.05) is 41.4 Å². The van der Waals surface area contributed by atoms with E-state index in [2.05, 4.69) is 11.0 Å². The van der Waals surface area contributed by atoms with Crippen molar-refractivity contribution in [3.8, 4) is 5.75 Å². The highest BCUT2D eigenvalue weighted by molar-refractivity contribution is 6.34. The van der Waals surface area contributed by atoms with Crippen LogP contribution in [0.1, 0.15) is 31.4 Å². The zero-order valence-corrected chi connectivity index (χ0v) is 20.7. The number of hydrogen-bond acceptors (Lipinski definition) is 5. The zero-order chi connectivity index (χ0) is 23.6. The van der Waals surface area contributed by atoms with Crippen molar-refractivity contribution in [1.29, 1.82) is 0 Å². The average Bonchev–Trinajstić information content (AvgIpc) is 2.82. The van der Waals surface area contributed by atoms with Gasteiger partial charge in [-0.05, 0) is 67.3 Å². The second-order valence-corrected chi connectivity index (χ2v) is 8.64. The summed E-state index contributed by atoms with van der Waals surface area (Å²) in [7, 11) is 0. The second kappa shape index (κ2) is 13.0. The van der Waals surface area contributed by atoms with E-state index < -0.39 is 6.10 Å². The van der Waals surface area contributed by atoms with Gasteiger partial charge in [0.2, 0.25) is 0 Å². The van der Waals surface area contributed by atoms with Gasteiger partial charge in [0.25, 0.3) is 0 Å². The van der Waals surface area contributed by atoms with Crippen molar-refractivity contribution in [1.82, 2.24) is 4.90 Å². The Bertz CT molecular complexity index is 946. The van der Waals surface area contributed by atoms with Gasteiger partial charge < -0.3 is 14.2 Å². The zero-order valence-electron chi connectivity index (χ0n) is 19.2. The van der Waals surface area contributed by atoms with Crippen molar-refractivity contribution < 1.29 is 19.0 Å². The van der Waals surface area contributed by atoms with Crippen LogP contribution in [0.4, 0.5) is 0 Å². The standard InChI is InChI=1S/C26H31Cl2NO4/c1-3-31-25(26(30)32-4-2)17-19-5-8-22(9-6-19)33-16-15-29-13-11-20(12-14-29)23-18-21(27)7-10-24(23)28/h5-11,18,25H,3-4,12-17H2,1-2H3. The number of hydrogen-bond donors (Lipinski definition) is 0. The summed E-state index contributed by atoms with van der Waals surface area (Å²) in [5.41, 5.74) is 3.26. The molecule has 1 unspecified atom stereocenters. The SMILES string of the molecule is CCOC(=O)C(Cc1ccc(OCCN2CC=C(c3cc(Cl)ccc3Cl)CC2)cc1)OCC. The predicted molar refractivity (Wildman–Crippen MR) is 133 cm³/mol. The Labute approximate surface area is 206 Å². The minimum absolute atomic E-state index is 0.323. The van der Waals surface area contributed by atoms with Crippen LogP contribution in [0, 0.1) is 0 Å². The van der Waals surface area contributed by atoms with Crippen molar-refractivity contribution in [3.63, 3.8) is 0 Å². The van der Waals surface area contributed by atoms with Crippen molar-refractivity contribution in [3.05, 3.63) is 69.7 Å². The second-order valence-electron chi connectivity index (χ2n) is 7.80. The van der Waals surface area contributed by atoms with Gasteiger partial charge in [-0.25, -0.2) is 4.79 Å². The van der Waals surface area contributed by atoms with Gasteiger partial charge in [-0.3, -0.25) is 4.90 Å². The van der Waals surface area contributed by atoms with Crippen molar-refractivity contribution in [2.75, 3.05) is 39.5 Å². The van der Waals surface area contributed by atoms with Gasteiger partial charge in [0.05, 0.1) is 6.61 Å². The summed E-state index contributed by atoms with van der Waals surface area (Å²) in [6.45, 7) is 7.71. The number of halogens is 2. The lowest BCUT2D eigenvalue weighted by Gasteiger charge is -2.26. The molecule has 0 fully saturated rings. The molecule has 7 heteroatoms. The summed E-state index contributed by atoms with van der Waals surface area (Å²) < 4.78 is 16.6. The molecule has 2 aromatic carbocycles. The van der Waals surface area contributed by atoms with E-state index in [-0.39, 0.29) is 5.97 Å². The summed E-state index contributed by atoms with van der Waals surface area (Å²) in [5, 5.41) is 1.44. The fourth-order valence-electron chi connectivity index (χ4n) is 3.78. The van der Waals surface area contributed by atoms with Crippen LogP contribution in [0.25, 0.3) is 5.57 Å². The minimum atomic E-state index is -0.583. The quantitative estimate of drug-likeness (QED) is 0.378. The number of ether oxygens (including phenoxy) is 3. The van der Waals surface area contributed by atoms with Crippen LogP contribution < -0.4 is 4.74 Å². The minimum Gasteiger partial charge on any atom is -0.492 e. The topological polar surface area (TPSA) is 48.0 Å². The lowest BCUT2D eigenvalue weighted by molar-refractivity contribution is -0.156. The Morgan fingerprint density at radius 1 is 1.09 bits per heavy atom. The van der Waals surface area contributed by atoms with Gasteiger partial charge in [0, 0.05) is 42.7 Å². The first-order chi connectivity index (χ1) is 16.0. The van der Waals surface area contributed by atoms with Crippen molar-refractivity contribution in [2.24, 2.45) is 0 Å². The maximum Gasteiger partial charge on any atom is 0.335 e. The third-order valence-electron chi connectivity index (χ3n) is 5.51. The predicted octanol–water partition coefficient (Wildman–Crippen LogP) is 5.67. The van der Waals surface area contributed by atoms with Gasteiger partial charge in [0.1, 0.15) is 12.4 Å². The molecule has 0 saturated heterocycles. The third-order valence-corrected chi connectivity index (χ3v) is 6.07. The van der Waals surface area contributed by atoms with E-state index in [4.69, 9.17) is 37.4 Å². The normalized spacial score (nSPS) is 15.1. The molecule has 0 N–H and O–H groups in total. The molecule has 3 rings (SSSR count). The van der Waals surface area contributed by atoms with Crippen LogP contribution in [0.15, 0.2) is 48.5 Å². The van der Waals surface area contributed by atoms with Gasteiger partial charge >= 0.3 is 5.97 Å². The Morgan fingerprint density at radius 3 is 2.55 bits per heavy atom. The summed E-state index contributed by atoms with van der Waals surface area (Å²) in [4.78, 5) is 14.4. The van der Waals surface area contributed by atoms with E-state index in [1.165, 1.54) is 5.57 Å². The molecule has 0 aromatic heterocycles. The van der Waals surface area contributed by atoms with E-state index in [1.807, 2.05) is 49.4 Å². The summed E-state index contributed by atoms with van der Waals surface area (Å²) in [5.74, 6) is 0.484. The van der Waals surface area contributed by atoms with Crippen molar-refractivity contribution in [2.45, 2.75) is 32.8 Å². The van der Waals surface area contributed by atoms with Crippen LogP contribution in [0.2, 0.25) is 10.0 Å². The maximum atomic E-state index is 12.0. The number of rotatable bonds is 11. The van der Waals surface area contributed by atoms with E-state index in [0.717, 1.165) is 48.0 Å². The first kappa shape index (κ1) is 25.6. The Morgan fingerprint density at radius 2 is 1.88 bits per heavy atom. The molecule has 1 aliphatic heterocycles. The molecule has 0 radical (unpaired) electrons. The molecule has 0 amide bonds. The first-order valence-electron chi connectivity index (χ1n) is 11.4. The molecule has 33 heavy (non-hydrogen) atoms. The molecule has 2 aromatic rings. The number of nitrogens with zero attached hydrogens (tertiary/aromatic N) is 1. The van der Waals surface area contributed by atoms with E-state index in [1.54, 1.807) is 6.92 Å². The van der Waals surface area contributed by atoms with E-state index in [9.17, 15) is 4.79 Å². The van der Waals surface area contributed by atoms with E-state index in [0.29, 0.717) is 31.3 Å². The summed E-state index contributed by atoms with van der Waals surface area (Å²) in [6, 6.07) is 13.4. The average molecular weight is 492 g/mol. The number of carbonyl (C=O) groups is 1. The monoisotopic (exact) mass is 491 g/mol. The lowest BCUT2D eigenvalue weighted by Crippen LogP contribution is -2.32. The number of carbonyl (C=O) groups excluding carboxylic acids is 1. The Hall–Kier alpha value is -2.05. The number of benzene rings is 2. The highest BCUT2D eigenvalue weighted by Crippen LogP contribution is 2.30. The Balaban J connectivity index is 1.45. The van der Waals surface area contributed by atoms with Gasteiger partial charge in [-0.15, -0.1) is 0 Å². The highest BCUT2D eigenvalue weighted by atomic mass is 35.5. The van der Waals surface area contributed by atoms with Gasteiger partial charge in [0.15, 0.2) is 6.10 Å². The molecule has 1 aliphatic rings. The van der Waals surface area contributed by atoms with Crippen LogP contribution >= 0.6 is 23.2 Å². The maximum absolute atomic E-state index is 12.0. The van der Waals surface area contributed by atoms with Crippen LogP contribution in [-0.2, 0) is 20.7 Å². The fraction of sp³-hybridized carbons (Fsp3) is 0.423. The van der Waals surface area contributed by atoms with Crippen LogP contribution in [-0.4, -0.2) is 56.4 Å². The molecule has 0 bridgehead atoms. The molecular formula is C26H31Cl2NO4. The molecule has 0 aliphatic carbocycles. The largest absolute Gasteiger partial charge is 0.492 e. The smallest absolute Gasteiger partial charge is 0.335 e.